The number of carbonyl (C=O) groups is 2. The summed E-state index contributed by atoms with van der Waals surface area (Å²) < 4.78 is 34.5. The molecule has 0 heterocycles. The van der Waals surface area contributed by atoms with Crippen LogP contribution < -0.4 is 0 Å². The first-order valence-electron chi connectivity index (χ1n) is 31.4. The Morgan fingerprint density at radius 2 is 0.722 bits per heavy atom. The van der Waals surface area contributed by atoms with Gasteiger partial charge in [-0.3, -0.25) is 18.6 Å². The second kappa shape index (κ2) is 54.5. The van der Waals surface area contributed by atoms with Crippen molar-refractivity contribution in [2.45, 2.75) is 328 Å². The summed E-state index contributed by atoms with van der Waals surface area (Å²) in [6, 6.07) is 0. The molecule has 72 heavy (non-hydrogen) atoms. The topological polar surface area (TPSA) is 108 Å². The molecule has 0 aromatic carbocycles. The zero-order chi connectivity index (χ0) is 52.7. The number of quaternary nitrogens is 1. The van der Waals surface area contributed by atoms with Gasteiger partial charge in [0.05, 0.1) is 27.7 Å². The van der Waals surface area contributed by atoms with Crippen LogP contribution in [0.3, 0.4) is 0 Å². The molecule has 0 fully saturated rings. The van der Waals surface area contributed by atoms with E-state index >= 15 is 0 Å². The molecule has 428 valence electrons. The number of esters is 2. The van der Waals surface area contributed by atoms with Crippen molar-refractivity contribution in [1.82, 2.24) is 0 Å². The SMILES string of the molecule is CCCC/C=C\CCCCCCCC(=O)OC(COC(=O)CCCCCCCCCCCCCCCCCCCCCCCCCCCCCCCCCCCCCCC)COP(=O)(O)OCC[N+](C)(C)C. The molecule has 9 nitrogen and oxygen atoms in total. The first-order valence-corrected chi connectivity index (χ1v) is 32.9. The van der Waals surface area contributed by atoms with Crippen LogP contribution >= 0.6 is 7.82 Å². The van der Waals surface area contributed by atoms with E-state index in [1.807, 2.05) is 21.1 Å². The minimum absolute atomic E-state index is 0.0334. The molecule has 0 bridgehead atoms. The second-order valence-electron chi connectivity index (χ2n) is 22.8. The fourth-order valence-corrected chi connectivity index (χ4v) is 10.2. The van der Waals surface area contributed by atoms with Gasteiger partial charge in [0.2, 0.25) is 0 Å². The fourth-order valence-electron chi connectivity index (χ4n) is 9.41. The molecule has 0 aromatic heterocycles. The van der Waals surface area contributed by atoms with Crippen LogP contribution in [0.2, 0.25) is 0 Å². The molecule has 0 aromatic rings. The maximum Gasteiger partial charge on any atom is 0.472 e. The molecule has 0 spiro atoms. The lowest BCUT2D eigenvalue weighted by atomic mass is 10.0. The summed E-state index contributed by atoms with van der Waals surface area (Å²) in [5.74, 6) is -0.793. The van der Waals surface area contributed by atoms with E-state index in [-0.39, 0.29) is 25.6 Å². The van der Waals surface area contributed by atoms with Crippen LogP contribution in [0.1, 0.15) is 322 Å². The number of rotatable bonds is 59. The van der Waals surface area contributed by atoms with Gasteiger partial charge in [0.15, 0.2) is 6.10 Å². The van der Waals surface area contributed by atoms with Gasteiger partial charge in [-0.15, -0.1) is 0 Å². The third-order valence-electron chi connectivity index (χ3n) is 14.3. The Labute approximate surface area is 447 Å². The fraction of sp³-hybridized carbons (Fsp3) is 0.935. The Kier molecular flexibility index (Phi) is 53.6. The molecular formula is C62H123NO8P+. The van der Waals surface area contributed by atoms with Crippen LogP contribution in [0.5, 0.6) is 0 Å². The maximum atomic E-state index is 12.7. The number of allylic oxidation sites excluding steroid dienone is 2. The van der Waals surface area contributed by atoms with Crippen LogP contribution in [0.4, 0.5) is 0 Å². The third-order valence-corrected chi connectivity index (χ3v) is 15.3. The van der Waals surface area contributed by atoms with E-state index in [9.17, 15) is 19.0 Å². The lowest BCUT2D eigenvalue weighted by Crippen LogP contribution is -2.37. The van der Waals surface area contributed by atoms with Crippen molar-refractivity contribution in [3.05, 3.63) is 12.2 Å². The Bertz CT molecular complexity index is 1220. The standard InChI is InChI=1S/C62H122NO8P/c1-6-8-10-12-14-16-18-19-20-21-22-23-24-25-26-27-28-29-30-31-32-33-34-35-36-37-38-39-40-41-42-43-45-46-48-50-52-54-61(64)68-58-60(59-70-72(66,67)69-57-56-63(3,4)5)71-62(65)55-53-51-49-47-44-17-15-13-11-9-7-2/h13,15,60H,6-12,14,16-59H2,1-5H3/p+1/b15-13-. The normalized spacial score (nSPS) is 13.2. The number of unbranched alkanes of at least 4 members (excludes halogenated alkanes) is 43. The Hall–Kier alpha value is -1.25. The van der Waals surface area contributed by atoms with E-state index in [0.717, 1.165) is 57.8 Å². The van der Waals surface area contributed by atoms with Crippen LogP contribution in [0.15, 0.2) is 12.2 Å². The van der Waals surface area contributed by atoms with Gasteiger partial charge in [-0.05, 0) is 32.1 Å². The van der Waals surface area contributed by atoms with Gasteiger partial charge in [-0.25, -0.2) is 4.57 Å². The smallest absolute Gasteiger partial charge is 0.462 e. The van der Waals surface area contributed by atoms with Gasteiger partial charge >= 0.3 is 19.8 Å². The van der Waals surface area contributed by atoms with E-state index in [2.05, 4.69) is 26.0 Å². The first-order chi connectivity index (χ1) is 35.0. The quantitative estimate of drug-likeness (QED) is 0.0211. The lowest BCUT2D eigenvalue weighted by molar-refractivity contribution is -0.870. The highest BCUT2D eigenvalue weighted by Crippen LogP contribution is 2.43. The zero-order valence-corrected chi connectivity index (χ0v) is 49.6. The largest absolute Gasteiger partial charge is 0.472 e. The van der Waals surface area contributed by atoms with Crippen molar-refractivity contribution in [2.75, 3.05) is 47.5 Å². The number of carbonyl (C=O) groups excluding carboxylic acids is 2. The summed E-state index contributed by atoms with van der Waals surface area (Å²) in [4.78, 5) is 35.5. The number of phosphoric ester groups is 1. The molecule has 0 rings (SSSR count). The van der Waals surface area contributed by atoms with Crippen LogP contribution in [-0.4, -0.2) is 74.9 Å². The molecule has 0 aliphatic rings. The number of ether oxygens (including phenoxy) is 2. The summed E-state index contributed by atoms with van der Waals surface area (Å²) in [7, 11) is 1.49. The van der Waals surface area contributed by atoms with Crippen LogP contribution in [0, 0.1) is 0 Å². The average molecular weight is 1040 g/mol. The highest BCUT2D eigenvalue weighted by Gasteiger charge is 2.27. The Balaban J connectivity index is 3.80. The number of phosphoric acid groups is 1. The number of nitrogens with zero attached hydrogens (tertiary/aromatic N) is 1. The van der Waals surface area contributed by atoms with Crippen molar-refractivity contribution in [1.29, 1.82) is 0 Å². The molecule has 1 N–H and O–H groups in total. The number of hydrogen-bond acceptors (Lipinski definition) is 7. The van der Waals surface area contributed by atoms with Gasteiger partial charge in [-0.1, -0.05) is 289 Å². The Morgan fingerprint density at radius 3 is 1.07 bits per heavy atom. The lowest BCUT2D eigenvalue weighted by Gasteiger charge is -2.24. The van der Waals surface area contributed by atoms with Gasteiger partial charge in [-0.2, -0.15) is 0 Å². The van der Waals surface area contributed by atoms with Crippen molar-refractivity contribution in [3.63, 3.8) is 0 Å². The number of hydrogen-bond donors (Lipinski definition) is 1. The second-order valence-corrected chi connectivity index (χ2v) is 24.3. The predicted octanol–water partition coefficient (Wildman–Crippen LogP) is 19.6. The predicted molar refractivity (Wildman–Crippen MR) is 308 cm³/mol. The molecular weight excluding hydrogens is 918 g/mol. The van der Waals surface area contributed by atoms with E-state index in [1.54, 1.807) is 0 Å². The van der Waals surface area contributed by atoms with Crippen LogP contribution in [0.25, 0.3) is 0 Å². The molecule has 0 saturated heterocycles. The average Bonchev–Trinajstić information content (AvgIpc) is 3.34. The number of likely N-dealkylation sites (N-methyl/N-ethyl adjacent to an activating group) is 1. The zero-order valence-electron chi connectivity index (χ0n) is 48.7. The van der Waals surface area contributed by atoms with E-state index in [4.69, 9.17) is 18.5 Å². The molecule has 0 aliphatic heterocycles. The van der Waals surface area contributed by atoms with Crippen molar-refractivity contribution in [3.8, 4) is 0 Å². The molecule has 2 atom stereocenters. The van der Waals surface area contributed by atoms with E-state index in [1.165, 1.54) is 231 Å². The monoisotopic (exact) mass is 1040 g/mol. The van der Waals surface area contributed by atoms with Crippen LogP contribution in [-0.2, 0) is 32.7 Å². The summed E-state index contributed by atoms with van der Waals surface area (Å²) in [6.45, 7) is 4.43. The third kappa shape index (κ3) is 58.0. The van der Waals surface area contributed by atoms with Gasteiger partial charge in [0.1, 0.15) is 19.8 Å². The van der Waals surface area contributed by atoms with Crippen molar-refractivity contribution < 1.29 is 42.1 Å². The molecule has 0 aliphatic carbocycles. The highest BCUT2D eigenvalue weighted by atomic mass is 31.2. The van der Waals surface area contributed by atoms with Gasteiger partial charge in [0.25, 0.3) is 0 Å². The van der Waals surface area contributed by atoms with E-state index < -0.39 is 26.5 Å². The maximum absolute atomic E-state index is 12.7. The minimum Gasteiger partial charge on any atom is -0.462 e. The Morgan fingerprint density at radius 1 is 0.417 bits per heavy atom. The molecule has 0 amide bonds. The van der Waals surface area contributed by atoms with Crippen molar-refractivity contribution in [2.24, 2.45) is 0 Å². The molecule has 0 saturated carbocycles. The highest BCUT2D eigenvalue weighted by molar-refractivity contribution is 7.47. The minimum atomic E-state index is -4.38. The molecule has 10 heteroatoms. The summed E-state index contributed by atoms with van der Waals surface area (Å²) >= 11 is 0. The van der Waals surface area contributed by atoms with Gasteiger partial charge < -0.3 is 18.9 Å². The van der Waals surface area contributed by atoms with Crippen molar-refractivity contribution >= 4 is 19.8 Å². The summed E-state index contributed by atoms with van der Waals surface area (Å²) in [5, 5.41) is 0. The molecule has 0 radical (unpaired) electrons. The first kappa shape index (κ1) is 70.8. The summed E-state index contributed by atoms with van der Waals surface area (Å²) in [6.07, 6.45) is 64.9. The van der Waals surface area contributed by atoms with E-state index in [0.29, 0.717) is 23.9 Å². The molecule has 2 unspecified atom stereocenters. The van der Waals surface area contributed by atoms with Gasteiger partial charge in [0, 0.05) is 12.8 Å². The summed E-state index contributed by atoms with van der Waals surface area (Å²) in [5.41, 5.74) is 0.